The number of halogens is 1. The Morgan fingerprint density at radius 2 is 2.07 bits per heavy atom. The van der Waals surface area contributed by atoms with Gasteiger partial charge in [0.2, 0.25) is 10.0 Å². The summed E-state index contributed by atoms with van der Waals surface area (Å²) in [5, 5.41) is 11.3. The average molecular weight is 444 g/mol. The Bertz CT molecular complexity index is 886. The fourth-order valence-corrected chi connectivity index (χ4v) is 4.54. The van der Waals surface area contributed by atoms with Gasteiger partial charge in [-0.25, -0.2) is 13.1 Å². The van der Waals surface area contributed by atoms with Gasteiger partial charge < -0.3 is 14.6 Å². The highest BCUT2D eigenvalue weighted by molar-refractivity contribution is 7.89. The van der Waals surface area contributed by atoms with Crippen LogP contribution in [0.2, 0.25) is 5.02 Å². The molecular formula is C19H30ClN5O3S. The van der Waals surface area contributed by atoms with Crippen LogP contribution in [-0.2, 0) is 28.2 Å². The first-order chi connectivity index (χ1) is 13.7. The van der Waals surface area contributed by atoms with E-state index in [9.17, 15) is 8.42 Å². The molecule has 1 aromatic heterocycles. The van der Waals surface area contributed by atoms with Crippen LogP contribution in [0.5, 0.6) is 0 Å². The molecule has 1 unspecified atom stereocenters. The molecule has 0 amide bonds. The number of nitrogens with one attached hydrogen (secondary N) is 2. The molecule has 29 heavy (non-hydrogen) atoms. The second-order valence-electron chi connectivity index (χ2n) is 7.34. The van der Waals surface area contributed by atoms with Crippen LogP contribution in [0.3, 0.4) is 0 Å². The lowest BCUT2D eigenvalue weighted by molar-refractivity contribution is 0.0946. The van der Waals surface area contributed by atoms with Gasteiger partial charge >= 0.3 is 0 Å². The minimum atomic E-state index is -3.72. The Balaban J connectivity index is 2.03. The molecular weight excluding hydrogens is 414 g/mol. The Labute approximate surface area is 178 Å². The number of hydrogen-bond donors (Lipinski definition) is 2. The minimum absolute atomic E-state index is 0.0406. The van der Waals surface area contributed by atoms with Crippen LogP contribution >= 0.6 is 11.6 Å². The third-order valence-electron chi connectivity index (χ3n) is 4.51. The van der Waals surface area contributed by atoms with E-state index in [1.165, 1.54) is 0 Å². The lowest BCUT2D eigenvalue weighted by Gasteiger charge is -2.20. The van der Waals surface area contributed by atoms with E-state index in [2.05, 4.69) is 34.1 Å². The molecule has 162 valence electrons. The van der Waals surface area contributed by atoms with Crippen molar-refractivity contribution in [2.24, 2.45) is 13.0 Å². The molecule has 1 heterocycles. The quantitative estimate of drug-likeness (QED) is 0.489. The van der Waals surface area contributed by atoms with Crippen LogP contribution in [0, 0.1) is 5.92 Å². The molecule has 2 rings (SSSR count). The summed E-state index contributed by atoms with van der Waals surface area (Å²) in [7, 11) is -0.215. The largest absolute Gasteiger partial charge is 0.380 e. The third-order valence-corrected chi connectivity index (χ3v) is 6.33. The van der Waals surface area contributed by atoms with Gasteiger partial charge in [-0.05, 0) is 30.9 Å². The second kappa shape index (κ2) is 10.9. The van der Waals surface area contributed by atoms with Crippen molar-refractivity contribution in [2.75, 3.05) is 25.5 Å². The summed E-state index contributed by atoms with van der Waals surface area (Å²) in [6.45, 7) is 4.98. The minimum Gasteiger partial charge on any atom is -0.380 e. The second-order valence-corrected chi connectivity index (χ2v) is 9.48. The molecule has 0 saturated heterocycles. The summed E-state index contributed by atoms with van der Waals surface area (Å²) in [4.78, 5) is 0.128. The van der Waals surface area contributed by atoms with Crippen molar-refractivity contribution < 1.29 is 13.2 Å². The molecule has 2 aromatic rings. The van der Waals surface area contributed by atoms with Crippen molar-refractivity contribution in [2.45, 2.75) is 44.1 Å². The molecule has 0 spiro atoms. The molecule has 0 fully saturated rings. The summed E-state index contributed by atoms with van der Waals surface area (Å²) in [5.74, 6) is 1.27. The van der Waals surface area contributed by atoms with Crippen LogP contribution < -0.4 is 10.0 Å². The molecule has 2 N–H and O–H groups in total. The van der Waals surface area contributed by atoms with Crippen molar-refractivity contribution in [3.63, 3.8) is 0 Å². The van der Waals surface area contributed by atoms with Crippen molar-refractivity contribution in [1.82, 2.24) is 19.5 Å². The monoisotopic (exact) mass is 443 g/mol. The summed E-state index contributed by atoms with van der Waals surface area (Å²) in [6, 6.07) is 4.84. The maximum absolute atomic E-state index is 12.9. The zero-order valence-corrected chi connectivity index (χ0v) is 18.9. The smallest absolute Gasteiger partial charge is 0.242 e. The van der Waals surface area contributed by atoms with Crippen LogP contribution in [0.4, 0.5) is 5.69 Å². The number of aryl methyl sites for hydroxylation is 2. The topological polar surface area (TPSA) is 98.1 Å². The molecule has 1 atom stereocenters. The molecule has 8 nitrogen and oxygen atoms in total. The number of benzene rings is 1. The van der Waals surface area contributed by atoms with Gasteiger partial charge in [-0.2, -0.15) is 0 Å². The van der Waals surface area contributed by atoms with Crippen LogP contribution in [0.15, 0.2) is 29.4 Å². The lowest BCUT2D eigenvalue weighted by Crippen LogP contribution is -2.28. The SMILES string of the molecule is COC(CNc1c(Cl)cccc1S(=O)(=O)NCCCc1nncn1C)CC(C)C. The number of rotatable bonds is 12. The van der Waals surface area contributed by atoms with E-state index >= 15 is 0 Å². The summed E-state index contributed by atoms with van der Waals surface area (Å²) in [5.41, 5.74) is 0.390. The van der Waals surface area contributed by atoms with Gasteiger partial charge in [-0.1, -0.05) is 31.5 Å². The van der Waals surface area contributed by atoms with Crippen molar-refractivity contribution in [3.8, 4) is 0 Å². The van der Waals surface area contributed by atoms with E-state index in [0.717, 1.165) is 12.2 Å². The Hall–Kier alpha value is -1.68. The van der Waals surface area contributed by atoms with E-state index < -0.39 is 10.0 Å². The fraction of sp³-hybridized carbons (Fsp3) is 0.579. The maximum Gasteiger partial charge on any atom is 0.242 e. The van der Waals surface area contributed by atoms with Crippen LogP contribution in [0.1, 0.15) is 32.5 Å². The summed E-state index contributed by atoms with van der Waals surface area (Å²) in [6.07, 6.45) is 3.67. The normalized spacial score (nSPS) is 13.0. The van der Waals surface area contributed by atoms with Gasteiger partial charge in [-0.3, -0.25) is 0 Å². The van der Waals surface area contributed by atoms with Gasteiger partial charge in [0.25, 0.3) is 0 Å². The van der Waals surface area contributed by atoms with Gasteiger partial charge in [0.15, 0.2) is 0 Å². The Morgan fingerprint density at radius 1 is 1.31 bits per heavy atom. The molecule has 0 aliphatic rings. The number of sulfonamides is 1. The molecule has 1 aromatic carbocycles. The molecule has 10 heteroatoms. The average Bonchev–Trinajstić information content (AvgIpc) is 3.07. The number of anilines is 1. The highest BCUT2D eigenvalue weighted by Crippen LogP contribution is 2.29. The lowest BCUT2D eigenvalue weighted by atomic mass is 10.1. The third kappa shape index (κ3) is 6.95. The molecule has 0 bridgehead atoms. The maximum atomic E-state index is 12.9. The van der Waals surface area contributed by atoms with E-state index in [1.54, 1.807) is 31.6 Å². The first kappa shape index (κ1) is 23.6. The van der Waals surface area contributed by atoms with Gasteiger partial charge in [0, 0.05) is 33.7 Å². The molecule has 0 radical (unpaired) electrons. The molecule has 0 aliphatic heterocycles. The van der Waals surface area contributed by atoms with E-state index in [4.69, 9.17) is 16.3 Å². The van der Waals surface area contributed by atoms with E-state index in [-0.39, 0.29) is 17.5 Å². The Kier molecular flexibility index (Phi) is 8.88. The standard InChI is InChI=1S/C19H30ClN5O3S/c1-14(2)11-15(28-4)12-21-19-16(20)7-5-8-17(19)29(26,27)23-10-6-9-18-24-22-13-25(18)3/h5,7-8,13-15,21,23H,6,9-12H2,1-4H3. The zero-order valence-electron chi connectivity index (χ0n) is 17.4. The van der Waals surface area contributed by atoms with E-state index in [0.29, 0.717) is 36.0 Å². The van der Waals surface area contributed by atoms with E-state index in [1.807, 2.05) is 11.6 Å². The Morgan fingerprint density at radius 3 is 2.69 bits per heavy atom. The van der Waals surface area contributed by atoms with Gasteiger partial charge in [0.05, 0.1) is 16.8 Å². The predicted molar refractivity (Wildman–Crippen MR) is 115 cm³/mol. The first-order valence-corrected chi connectivity index (χ1v) is 11.5. The predicted octanol–water partition coefficient (Wildman–Crippen LogP) is 2.85. The number of nitrogens with zero attached hydrogens (tertiary/aromatic N) is 3. The van der Waals surface area contributed by atoms with Crippen molar-refractivity contribution in [3.05, 3.63) is 35.4 Å². The van der Waals surface area contributed by atoms with Crippen molar-refractivity contribution in [1.29, 1.82) is 0 Å². The number of hydrogen-bond acceptors (Lipinski definition) is 6. The molecule has 0 aliphatic carbocycles. The van der Waals surface area contributed by atoms with Crippen LogP contribution in [0.25, 0.3) is 0 Å². The highest BCUT2D eigenvalue weighted by Gasteiger charge is 2.21. The fourth-order valence-electron chi connectivity index (χ4n) is 2.97. The van der Waals surface area contributed by atoms with Crippen molar-refractivity contribution >= 4 is 27.3 Å². The number of para-hydroxylation sites is 1. The zero-order chi connectivity index (χ0) is 21.4. The van der Waals surface area contributed by atoms with Gasteiger partial charge in [-0.15, -0.1) is 10.2 Å². The number of methoxy groups -OCH3 is 1. The number of ether oxygens (including phenoxy) is 1. The first-order valence-electron chi connectivity index (χ1n) is 9.62. The summed E-state index contributed by atoms with van der Waals surface area (Å²) >= 11 is 6.30. The summed E-state index contributed by atoms with van der Waals surface area (Å²) < 4.78 is 35.7. The number of aromatic nitrogens is 3. The highest BCUT2D eigenvalue weighted by atomic mass is 35.5. The molecule has 0 saturated carbocycles. The van der Waals surface area contributed by atoms with Gasteiger partial charge in [0.1, 0.15) is 17.0 Å². The van der Waals surface area contributed by atoms with Crippen LogP contribution in [-0.4, -0.2) is 49.5 Å².